The Morgan fingerprint density at radius 1 is 1.62 bits per heavy atom. The first-order chi connectivity index (χ1) is 6.24. The van der Waals surface area contributed by atoms with Crippen LogP contribution >= 0.6 is 0 Å². The molecule has 2 saturated heterocycles. The van der Waals surface area contributed by atoms with E-state index in [0.717, 1.165) is 39.1 Å². The highest BCUT2D eigenvalue weighted by molar-refractivity contribution is 4.93. The molecule has 0 aromatic heterocycles. The van der Waals surface area contributed by atoms with Crippen molar-refractivity contribution in [1.82, 2.24) is 4.90 Å². The van der Waals surface area contributed by atoms with Crippen molar-refractivity contribution < 1.29 is 9.84 Å². The summed E-state index contributed by atoms with van der Waals surface area (Å²) in [5.74, 6) is 0.498. The van der Waals surface area contributed by atoms with Crippen LogP contribution in [0.15, 0.2) is 0 Å². The van der Waals surface area contributed by atoms with Crippen LogP contribution in [0, 0.1) is 5.92 Å². The van der Waals surface area contributed by atoms with Gasteiger partial charge in [-0.2, -0.15) is 0 Å². The first-order valence-corrected chi connectivity index (χ1v) is 5.18. The zero-order valence-corrected chi connectivity index (χ0v) is 8.33. The van der Waals surface area contributed by atoms with Crippen molar-refractivity contribution in [1.29, 1.82) is 0 Å². The summed E-state index contributed by atoms with van der Waals surface area (Å²) in [5, 5.41) is 9.05. The van der Waals surface area contributed by atoms with Gasteiger partial charge in [0.1, 0.15) is 0 Å². The van der Waals surface area contributed by atoms with Crippen molar-refractivity contribution >= 4 is 0 Å². The molecular formula is C10H19NO2. The summed E-state index contributed by atoms with van der Waals surface area (Å²) in [6.07, 6.45) is 2.29. The first kappa shape index (κ1) is 9.44. The Labute approximate surface area is 79.7 Å². The lowest BCUT2D eigenvalue weighted by Gasteiger charge is -2.33. The van der Waals surface area contributed by atoms with E-state index in [1.807, 2.05) is 0 Å². The van der Waals surface area contributed by atoms with Crippen molar-refractivity contribution in [3.8, 4) is 0 Å². The van der Waals surface area contributed by atoms with Gasteiger partial charge in [0.15, 0.2) is 0 Å². The Balaban J connectivity index is 1.94. The Morgan fingerprint density at radius 3 is 3.00 bits per heavy atom. The average molecular weight is 185 g/mol. The SMILES string of the molecule is CC1(N2CCC(CO)C2)CCOC1. The highest BCUT2D eigenvalue weighted by Crippen LogP contribution is 2.30. The van der Waals surface area contributed by atoms with Gasteiger partial charge < -0.3 is 9.84 Å². The summed E-state index contributed by atoms with van der Waals surface area (Å²) in [6, 6.07) is 0. The predicted octanol–water partition coefficient (Wildman–Crippen LogP) is 0.480. The summed E-state index contributed by atoms with van der Waals surface area (Å²) in [7, 11) is 0. The highest BCUT2D eigenvalue weighted by Gasteiger charge is 2.39. The third-order valence-electron chi connectivity index (χ3n) is 3.51. The van der Waals surface area contributed by atoms with Crippen LogP contribution in [0.1, 0.15) is 19.8 Å². The quantitative estimate of drug-likeness (QED) is 0.679. The van der Waals surface area contributed by atoms with Crippen molar-refractivity contribution in [3.63, 3.8) is 0 Å². The van der Waals surface area contributed by atoms with Crippen LogP contribution in [0.4, 0.5) is 0 Å². The fourth-order valence-electron chi connectivity index (χ4n) is 2.38. The summed E-state index contributed by atoms with van der Waals surface area (Å²) in [5.41, 5.74) is 0.254. The second-order valence-corrected chi connectivity index (χ2v) is 4.58. The maximum Gasteiger partial charge on any atom is 0.0648 e. The minimum absolute atomic E-state index is 0.254. The van der Waals surface area contributed by atoms with Gasteiger partial charge in [0.05, 0.1) is 6.61 Å². The van der Waals surface area contributed by atoms with E-state index in [2.05, 4.69) is 11.8 Å². The number of rotatable bonds is 2. The van der Waals surface area contributed by atoms with Crippen molar-refractivity contribution in [3.05, 3.63) is 0 Å². The molecule has 2 aliphatic rings. The zero-order chi connectivity index (χ0) is 9.31. The first-order valence-electron chi connectivity index (χ1n) is 5.18. The van der Waals surface area contributed by atoms with Crippen LogP contribution in [-0.4, -0.2) is 48.5 Å². The van der Waals surface area contributed by atoms with E-state index in [-0.39, 0.29) is 5.54 Å². The molecule has 0 aromatic rings. The molecule has 2 rings (SSSR count). The minimum atomic E-state index is 0.254. The zero-order valence-electron chi connectivity index (χ0n) is 8.33. The predicted molar refractivity (Wildman–Crippen MR) is 50.6 cm³/mol. The van der Waals surface area contributed by atoms with Gasteiger partial charge >= 0.3 is 0 Å². The molecule has 0 aliphatic carbocycles. The summed E-state index contributed by atoms with van der Waals surface area (Å²) in [4.78, 5) is 2.49. The van der Waals surface area contributed by atoms with E-state index >= 15 is 0 Å². The minimum Gasteiger partial charge on any atom is -0.396 e. The molecule has 2 heterocycles. The molecule has 2 fully saturated rings. The maximum absolute atomic E-state index is 9.05. The van der Waals surface area contributed by atoms with Gasteiger partial charge in [-0.25, -0.2) is 0 Å². The number of ether oxygens (including phenoxy) is 1. The number of hydrogen-bond acceptors (Lipinski definition) is 3. The fraction of sp³-hybridized carbons (Fsp3) is 1.00. The Kier molecular flexibility index (Phi) is 2.58. The molecule has 0 aromatic carbocycles. The normalized spacial score (nSPS) is 41.5. The van der Waals surface area contributed by atoms with Crippen molar-refractivity contribution in [2.24, 2.45) is 5.92 Å². The topological polar surface area (TPSA) is 32.7 Å². The van der Waals surface area contributed by atoms with Crippen LogP contribution < -0.4 is 0 Å². The summed E-state index contributed by atoms with van der Waals surface area (Å²) < 4.78 is 5.44. The van der Waals surface area contributed by atoms with Gasteiger partial charge in [0.25, 0.3) is 0 Å². The Hall–Kier alpha value is -0.120. The van der Waals surface area contributed by atoms with Crippen LogP contribution in [0.5, 0.6) is 0 Å². The van der Waals surface area contributed by atoms with Crippen LogP contribution in [0.3, 0.4) is 0 Å². The lowest BCUT2D eigenvalue weighted by Crippen LogP contribution is -2.45. The van der Waals surface area contributed by atoms with Gasteiger partial charge in [-0.15, -0.1) is 0 Å². The molecule has 0 spiro atoms. The monoisotopic (exact) mass is 185 g/mol. The van der Waals surface area contributed by atoms with Crippen LogP contribution in [0.25, 0.3) is 0 Å². The molecule has 76 valence electrons. The number of hydrogen-bond donors (Lipinski definition) is 1. The molecular weight excluding hydrogens is 166 g/mol. The Bertz CT molecular complexity index is 178. The van der Waals surface area contributed by atoms with Gasteiger partial charge in [-0.1, -0.05) is 0 Å². The number of aliphatic hydroxyl groups excluding tert-OH is 1. The largest absolute Gasteiger partial charge is 0.396 e. The van der Waals surface area contributed by atoms with Gasteiger partial charge in [0.2, 0.25) is 0 Å². The third kappa shape index (κ3) is 1.73. The molecule has 3 nitrogen and oxygen atoms in total. The average Bonchev–Trinajstić information content (AvgIpc) is 2.72. The molecule has 3 heteroatoms. The second kappa shape index (κ2) is 3.56. The number of nitrogens with zero attached hydrogens (tertiary/aromatic N) is 1. The maximum atomic E-state index is 9.05. The molecule has 13 heavy (non-hydrogen) atoms. The van der Waals surface area contributed by atoms with E-state index in [9.17, 15) is 0 Å². The fourth-order valence-corrected chi connectivity index (χ4v) is 2.38. The van der Waals surface area contributed by atoms with E-state index in [1.165, 1.54) is 0 Å². The van der Waals surface area contributed by atoms with E-state index in [0.29, 0.717) is 12.5 Å². The van der Waals surface area contributed by atoms with E-state index in [4.69, 9.17) is 9.84 Å². The molecule has 0 bridgehead atoms. The lowest BCUT2D eigenvalue weighted by molar-refractivity contribution is 0.0931. The van der Waals surface area contributed by atoms with Crippen LogP contribution in [-0.2, 0) is 4.74 Å². The molecule has 2 atom stereocenters. The van der Waals surface area contributed by atoms with E-state index < -0.39 is 0 Å². The molecule has 2 unspecified atom stereocenters. The number of likely N-dealkylation sites (tertiary alicyclic amines) is 1. The standard InChI is InChI=1S/C10H19NO2/c1-10(3-5-13-8-10)11-4-2-9(6-11)7-12/h9,12H,2-8H2,1H3. The lowest BCUT2D eigenvalue weighted by atomic mass is 10.00. The molecule has 0 radical (unpaired) electrons. The Morgan fingerprint density at radius 2 is 2.46 bits per heavy atom. The molecule has 0 saturated carbocycles. The van der Waals surface area contributed by atoms with Crippen molar-refractivity contribution in [2.75, 3.05) is 32.9 Å². The molecule has 1 N–H and O–H groups in total. The highest BCUT2D eigenvalue weighted by atomic mass is 16.5. The molecule has 0 amide bonds. The van der Waals surface area contributed by atoms with Crippen molar-refractivity contribution in [2.45, 2.75) is 25.3 Å². The van der Waals surface area contributed by atoms with Crippen LogP contribution in [0.2, 0.25) is 0 Å². The summed E-state index contributed by atoms with van der Waals surface area (Å²) in [6.45, 7) is 6.57. The second-order valence-electron chi connectivity index (χ2n) is 4.58. The smallest absolute Gasteiger partial charge is 0.0648 e. The molecule has 2 aliphatic heterocycles. The van der Waals surface area contributed by atoms with Gasteiger partial charge in [-0.3, -0.25) is 4.90 Å². The van der Waals surface area contributed by atoms with Gasteiger partial charge in [-0.05, 0) is 32.2 Å². The number of aliphatic hydroxyl groups is 1. The van der Waals surface area contributed by atoms with E-state index in [1.54, 1.807) is 0 Å². The van der Waals surface area contributed by atoms with Gasteiger partial charge in [0, 0.05) is 25.3 Å². The summed E-state index contributed by atoms with van der Waals surface area (Å²) >= 11 is 0. The third-order valence-corrected chi connectivity index (χ3v) is 3.51.